The van der Waals surface area contributed by atoms with Crippen LogP contribution in [0.1, 0.15) is 5.69 Å². The molecule has 1 N–H and O–H groups in total. The first-order valence-corrected chi connectivity index (χ1v) is 6.68. The van der Waals surface area contributed by atoms with Gasteiger partial charge < -0.3 is 5.32 Å². The van der Waals surface area contributed by atoms with E-state index in [2.05, 4.69) is 5.32 Å². The van der Waals surface area contributed by atoms with E-state index < -0.39 is 27.9 Å². The molecule has 2 rings (SSSR count). The number of non-ortho nitro benzene ring substituents is 1. The van der Waals surface area contributed by atoms with Crippen LogP contribution in [-0.2, 0) is 11.3 Å². The number of aromatic nitrogens is 1. The second-order valence-electron chi connectivity index (χ2n) is 4.84. The van der Waals surface area contributed by atoms with E-state index in [9.17, 15) is 29.8 Å². The lowest BCUT2D eigenvalue weighted by Gasteiger charge is -2.10. The van der Waals surface area contributed by atoms with Crippen molar-refractivity contribution >= 4 is 23.0 Å². The average Bonchev–Trinajstić information content (AvgIpc) is 2.51. The van der Waals surface area contributed by atoms with Crippen LogP contribution in [0.25, 0.3) is 0 Å². The zero-order chi connectivity index (χ0) is 17.9. The summed E-state index contributed by atoms with van der Waals surface area (Å²) in [5.74, 6) is -0.638. The monoisotopic (exact) mass is 332 g/mol. The van der Waals surface area contributed by atoms with Gasteiger partial charge in [-0.25, -0.2) is 0 Å². The smallest absolute Gasteiger partial charge is 0.288 e. The Balaban J connectivity index is 2.23. The Kier molecular flexibility index (Phi) is 4.68. The van der Waals surface area contributed by atoms with Crippen LogP contribution in [0.5, 0.6) is 0 Å². The summed E-state index contributed by atoms with van der Waals surface area (Å²) < 4.78 is 0.963. The molecule has 0 aliphatic heterocycles. The molecule has 1 heterocycles. The number of nitrogens with zero attached hydrogens (tertiary/aromatic N) is 3. The van der Waals surface area contributed by atoms with Crippen LogP contribution in [-0.4, -0.2) is 20.3 Å². The fraction of sp³-hybridized carbons (Fsp3) is 0.143. The van der Waals surface area contributed by atoms with E-state index >= 15 is 0 Å². The number of carbonyl (C=O) groups is 1. The molecule has 0 aliphatic carbocycles. The Hall–Kier alpha value is -3.56. The van der Waals surface area contributed by atoms with Crippen molar-refractivity contribution in [2.24, 2.45) is 0 Å². The highest BCUT2D eigenvalue weighted by Crippen LogP contribution is 2.18. The molecule has 0 saturated heterocycles. The number of benzene rings is 1. The summed E-state index contributed by atoms with van der Waals surface area (Å²) in [6.45, 7) is 0.912. The first-order chi connectivity index (χ1) is 11.3. The van der Waals surface area contributed by atoms with Gasteiger partial charge >= 0.3 is 0 Å². The first-order valence-electron chi connectivity index (χ1n) is 6.68. The van der Waals surface area contributed by atoms with Gasteiger partial charge in [0.05, 0.1) is 15.5 Å². The maximum atomic E-state index is 12.0. The summed E-state index contributed by atoms with van der Waals surface area (Å²) in [6, 6.07) is 7.37. The molecule has 0 saturated carbocycles. The molecular weight excluding hydrogens is 320 g/mol. The van der Waals surface area contributed by atoms with Gasteiger partial charge in [0, 0.05) is 30.0 Å². The van der Waals surface area contributed by atoms with Gasteiger partial charge in [-0.2, -0.15) is 0 Å². The zero-order valence-electron chi connectivity index (χ0n) is 12.5. The van der Waals surface area contributed by atoms with Gasteiger partial charge in [0.25, 0.3) is 16.9 Å². The molecule has 2 aromatic rings. The van der Waals surface area contributed by atoms with Gasteiger partial charge in [0.2, 0.25) is 5.91 Å². The minimum atomic E-state index is -0.649. The van der Waals surface area contributed by atoms with E-state index in [0.717, 1.165) is 16.7 Å². The van der Waals surface area contributed by atoms with E-state index in [1.165, 1.54) is 31.2 Å². The van der Waals surface area contributed by atoms with Gasteiger partial charge in [0.1, 0.15) is 6.54 Å². The Labute approximate surface area is 134 Å². The first kappa shape index (κ1) is 16.8. The molecule has 0 spiro atoms. The van der Waals surface area contributed by atoms with E-state index in [-0.39, 0.29) is 22.8 Å². The normalized spacial score (nSPS) is 10.2. The fourth-order valence-corrected chi connectivity index (χ4v) is 2.10. The molecule has 0 fully saturated rings. The summed E-state index contributed by atoms with van der Waals surface area (Å²) in [7, 11) is 0. The molecule has 24 heavy (non-hydrogen) atoms. The maximum Gasteiger partial charge on any atom is 0.288 e. The third-order valence-electron chi connectivity index (χ3n) is 3.26. The summed E-state index contributed by atoms with van der Waals surface area (Å²) in [4.78, 5) is 44.2. The molecule has 0 radical (unpaired) electrons. The average molecular weight is 332 g/mol. The van der Waals surface area contributed by atoms with Crippen LogP contribution in [0.3, 0.4) is 0 Å². The van der Waals surface area contributed by atoms with E-state index in [0.29, 0.717) is 0 Å². The highest BCUT2D eigenvalue weighted by atomic mass is 16.6. The fourth-order valence-electron chi connectivity index (χ4n) is 2.10. The molecule has 0 unspecified atom stereocenters. The number of pyridine rings is 1. The Morgan fingerprint density at radius 1 is 1.17 bits per heavy atom. The number of rotatable bonds is 5. The standard InChI is InChI=1S/C14H12N4O6/c1-9-12(18(23)24)5-6-14(20)16(9)8-13(19)15-10-3-2-4-11(7-10)17(21)22/h2-7H,8H2,1H3,(H,15,19). The van der Waals surface area contributed by atoms with Gasteiger partial charge in [-0.3, -0.25) is 34.4 Å². The molecule has 124 valence electrons. The lowest BCUT2D eigenvalue weighted by Crippen LogP contribution is -2.29. The highest BCUT2D eigenvalue weighted by Gasteiger charge is 2.17. The number of hydrogen-bond acceptors (Lipinski definition) is 6. The number of anilines is 1. The minimum Gasteiger partial charge on any atom is -0.324 e. The molecule has 10 nitrogen and oxygen atoms in total. The number of carbonyl (C=O) groups excluding carboxylic acids is 1. The molecule has 1 amide bonds. The number of nitro groups is 2. The number of amides is 1. The van der Waals surface area contributed by atoms with Gasteiger partial charge in [0.15, 0.2) is 0 Å². The molecule has 1 aromatic carbocycles. The van der Waals surface area contributed by atoms with Crippen LogP contribution in [0, 0.1) is 27.2 Å². The predicted molar refractivity (Wildman–Crippen MR) is 83.8 cm³/mol. The molecule has 1 aromatic heterocycles. The van der Waals surface area contributed by atoms with Crippen molar-refractivity contribution in [3.63, 3.8) is 0 Å². The Bertz CT molecular complexity index is 889. The number of nitrogens with one attached hydrogen (secondary N) is 1. The summed E-state index contributed by atoms with van der Waals surface area (Å²) in [5, 5.41) is 24.0. The van der Waals surface area contributed by atoms with Crippen LogP contribution in [0.15, 0.2) is 41.2 Å². The lowest BCUT2D eigenvalue weighted by molar-refractivity contribution is -0.386. The lowest BCUT2D eigenvalue weighted by atomic mass is 10.2. The molecule has 0 bridgehead atoms. The van der Waals surface area contributed by atoms with Crippen molar-refractivity contribution in [3.8, 4) is 0 Å². The number of nitro benzene ring substituents is 1. The Morgan fingerprint density at radius 2 is 1.88 bits per heavy atom. The van der Waals surface area contributed by atoms with Crippen molar-refractivity contribution in [3.05, 3.63) is 72.7 Å². The van der Waals surface area contributed by atoms with Crippen molar-refractivity contribution in [2.45, 2.75) is 13.5 Å². The summed E-state index contributed by atoms with van der Waals surface area (Å²) in [5.41, 5.74) is -0.812. The van der Waals surface area contributed by atoms with E-state index in [1.807, 2.05) is 0 Å². The second-order valence-corrected chi connectivity index (χ2v) is 4.84. The third kappa shape index (κ3) is 3.61. The van der Waals surface area contributed by atoms with Crippen molar-refractivity contribution in [1.82, 2.24) is 4.57 Å². The highest BCUT2D eigenvalue weighted by molar-refractivity contribution is 5.90. The summed E-state index contributed by atoms with van der Waals surface area (Å²) in [6.07, 6.45) is 0. The summed E-state index contributed by atoms with van der Waals surface area (Å²) >= 11 is 0. The van der Waals surface area contributed by atoms with Gasteiger partial charge in [-0.05, 0) is 13.0 Å². The SMILES string of the molecule is Cc1c([N+](=O)[O-])ccc(=O)n1CC(=O)Nc1cccc([N+](=O)[O-])c1. The largest absolute Gasteiger partial charge is 0.324 e. The predicted octanol–water partition coefficient (Wildman–Crippen LogP) is 1.61. The third-order valence-corrected chi connectivity index (χ3v) is 3.26. The van der Waals surface area contributed by atoms with Crippen LogP contribution >= 0.6 is 0 Å². The topological polar surface area (TPSA) is 137 Å². The zero-order valence-corrected chi connectivity index (χ0v) is 12.5. The van der Waals surface area contributed by atoms with Crippen LogP contribution in [0.2, 0.25) is 0 Å². The second kappa shape index (κ2) is 6.69. The van der Waals surface area contributed by atoms with Crippen LogP contribution in [0.4, 0.5) is 17.1 Å². The van der Waals surface area contributed by atoms with Crippen LogP contribution < -0.4 is 10.9 Å². The van der Waals surface area contributed by atoms with Gasteiger partial charge in [-0.15, -0.1) is 0 Å². The molecule has 10 heteroatoms. The molecular formula is C14H12N4O6. The molecule has 0 atom stereocenters. The molecule has 0 aliphatic rings. The Morgan fingerprint density at radius 3 is 2.50 bits per heavy atom. The van der Waals surface area contributed by atoms with Crippen molar-refractivity contribution in [2.75, 3.05) is 5.32 Å². The minimum absolute atomic E-state index is 0.0432. The van der Waals surface area contributed by atoms with Gasteiger partial charge in [-0.1, -0.05) is 6.07 Å². The van der Waals surface area contributed by atoms with E-state index in [4.69, 9.17) is 0 Å². The van der Waals surface area contributed by atoms with Crippen molar-refractivity contribution in [1.29, 1.82) is 0 Å². The number of hydrogen-bond donors (Lipinski definition) is 1. The van der Waals surface area contributed by atoms with E-state index in [1.54, 1.807) is 0 Å². The maximum absolute atomic E-state index is 12.0. The quantitative estimate of drug-likeness (QED) is 0.652. The van der Waals surface area contributed by atoms with Crippen molar-refractivity contribution < 1.29 is 14.6 Å².